The molecule has 0 spiro atoms. The number of ether oxygens (including phenoxy) is 1. The zero-order chi connectivity index (χ0) is 21.6. The standard InChI is InChI=1S/C24H24N2O4S/c27-20-14-30-21-12-7-13-26(22(20)21)24(29)19(16-31-15-17-8-3-1-4-9-17)25-23(28)18-10-5-2-6-11-18/h1-6,8-12,19,22H,7,13-16H2,(H,25,28). The molecule has 1 saturated heterocycles. The molecule has 160 valence electrons. The molecule has 2 aliphatic rings. The van der Waals surface area contributed by atoms with Crippen molar-refractivity contribution >= 4 is 29.4 Å². The van der Waals surface area contributed by atoms with Gasteiger partial charge in [-0.05, 0) is 30.2 Å². The van der Waals surface area contributed by atoms with Gasteiger partial charge in [0, 0.05) is 23.6 Å². The van der Waals surface area contributed by atoms with Gasteiger partial charge in [-0.3, -0.25) is 14.4 Å². The Morgan fingerprint density at radius 2 is 1.81 bits per heavy atom. The largest absolute Gasteiger partial charge is 0.488 e. The zero-order valence-electron chi connectivity index (χ0n) is 17.0. The summed E-state index contributed by atoms with van der Waals surface area (Å²) in [5.74, 6) is 1.01. The molecule has 0 radical (unpaired) electrons. The third-order valence-corrected chi connectivity index (χ3v) is 6.41. The smallest absolute Gasteiger partial charge is 0.251 e. The fourth-order valence-corrected chi connectivity index (χ4v) is 4.76. The van der Waals surface area contributed by atoms with E-state index in [2.05, 4.69) is 5.32 Å². The number of fused-ring (bicyclic) bond motifs is 1. The van der Waals surface area contributed by atoms with Crippen molar-refractivity contribution in [3.05, 3.63) is 83.6 Å². The summed E-state index contributed by atoms with van der Waals surface area (Å²) in [5, 5.41) is 2.89. The van der Waals surface area contributed by atoms with E-state index in [1.807, 2.05) is 42.5 Å². The molecule has 0 aliphatic carbocycles. The lowest BCUT2D eigenvalue weighted by Gasteiger charge is -2.33. The Labute approximate surface area is 185 Å². The van der Waals surface area contributed by atoms with Gasteiger partial charge in [-0.2, -0.15) is 11.8 Å². The summed E-state index contributed by atoms with van der Waals surface area (Å²) in [4.78, 5) is 40.1. The van der Waals surface area contributed by atoms with E-state index < -0.39 is 12.1 Å². The summed E-state index contributed by atoms with van der Waals surface area (Å²) < 4.78 is 5.44. The summed E-state index contributed by atoms with van der Waals surface area (Å²) in [6, 6.07) is 17.4. The molecule has 2 aromatic rings. The first-order chi connectivity index (χ1) is 15.1. The minimum absolute atomic E-state index is 0.00984. The number of nitrogens with one attached hydrogen (secondary N) is 1. The fourth-order valence-electron chi connectivity index (χ4n) is 3.76. The molecule has 0 aromatic heterocycles. The predicted molar refractivity (Wildman–Crippen MR) is 119 cm³/mol. The van der Waals surface area contributed by atoms with Crippen molar-refractivity contribution < 1.29 is 19.1 Å². The molecule has 0 saturated carbocycles. The van der Waals surface area contributed by atoms with Crippen molar-refractivity contribution in [2.75, 3.05) is 18.9 Å². The fraction of sp³-hybridized carbons (Fsp3) is 0.292. The van der Waals surface area contributed by atoms with Gasteiger partial charge in [-0.1, -0.05) is 48.5 Å². The molecule has 2 unspecified atom stereocenters. The van der Waals surface area contributed by atoms with Crippen LogP contribution in [-0.4, -0.2) is 53.5 Å². The van der Waals surface area contributed by atoms with Crippen LogP contribution < -0.4 is 5.32 Å². The van der Waals surface area contributed by atoms with Crippen LogP contribution in [-0.2, 0) is 20.1 Å². The van der Waals surface area contributed by atoms with Gasteiger partial charge in [0.1, 0.15) is 18.4 Å². The van der Waals surface area contributed by atoms with Crippen LogP contribution in [0.15, 0.2) is 72.5 Å². The number of benzene rings is 2. The topological polar surface area (TPSA) is 75.7 Å². The van der Waals surface area contributed by atoms with Crippen LogP contribution in [0.4, 0.5) is 0 Å². The molecule has 2 aromatic carbocycles. The molecule has 7 heteroatoms. The molecule has 6 nitrogen and oxygen atoms in total. The third kappa shape index (κ3) is 4.99. The van der Waals surface area contributed by atoms with Crippen LogP contribution in [0, 0.1) is 0 Å². The van der Waals surface area contributed by atoms with Gasteiger partial charge in [0.2, 0.25) is 5.91 Å². The molecule has 2 aliphatic heterocycles. The molecular weight excluding hydrogens is 412 g/mol. The lowest BCUT2D eigenvalue weighted by Crippen LogP contribution is -2.55. The molecule has 4 rings (SSSR count). The van der Waals surface area contributed by atoms with Crippen molar-refractivity contribution in [2.45, 2.75) is 24.3 Å². The summed E-state index contributed by atoms with van der Waals surface area (Å²) in [6.07, 6.45) is 2.50. The number of nitrogens with zero attached hydrogens (tertiary/aromatic N) is 1. The maximum Gasteiger partial charge on any atom is 0.251 e. The number of hydrogen-bond acceptors (Lipinski definition) is 5. The van der Waals surface area contributed by atoms with E-state index in [9.17, 15) is 14.4 Å². The minimum Gasteiger partial charge on any atom is -0.488 e. The summed E-state index contributed by atoms with van der Waals surface area (Å²) in [7, 11) is 0. The minimum atomic E-state index is -0.742. The van der Waals surface area contributed by atoms with Gasteiger partial charge in [0.15, 0.2) is 11.8 Å². The average molecular weight is 437 g/mol. The van der Waals surface area contributed by atoms with Crippen LogP contribution in [0.2, 0.25) is 0 Å². The maximum absolute atomic E-state index is 13.5. The molecular formula is C24H24N2O4S. The molecule has 31 heavy (non-hydrogen) atoms. The summed E-state index contributed by atoms with van der Waals surface area (Å²) in [5.41, 5.74) is 1.64. The first kappa shape index (κ1) is 21.2. The highest BCUT2D eigenvalue weighted by Crippen LogP contribution is 2.26. The Kier molecular flexibility index (Phi) is 6.72. The lowest BCUT2D eigenvalue weighted by molar-refractivity contribution is -0.138. The van der Waals surface area contributed by atoms with E-state index in [0.29, 0.717) is 30.0 Å². The molecule has 2 amide bonds. The number of rotatable bonds is 7. The van der Waals surface area contributed by atoms with Gasteiger partial charge in [0.05, 0.1) is 0 Å². The van der Waals surface area contributed by atoms with Gasteiger partial charge in [0.25, 0.3) is 5.91 Å². The molecule has 1 fully saturated rings. The van der Waals surface area contributed by atoms with Crippen LogP contribution >= 0.6 is 11.8 Å². The number of carbonyl (C=O) groups is 3. The first-order valence-corrected chi connectivity index (χ1v) is 11.4. The van der Waals surface area contributed by atoms with E-state index >= 15 is 0 Å². The Hall–Kier alpha value is -3.06. The predicted octanol–water partition coefficient (Wildman–Crippen LogP) is 2.80. The summed E-state index contributed by atoms with van der Waals surface area (Å²) in [6.45, 7) is 0.424. The lowest BCUT2D eigenvalue weighted by atomic mass is 10.0. The second-order valence-electron chi connectivity index (χ2n) is 7.48. The van der Waals surface area contributed by atoms with Crippen molar-refractivity contribution in [3.63, 3.8) is 0 Å². The van der Waals surface area contributed by atoms with Crippen LogP contribution in [0.25, 0.3) is 0 Å². The van der Waals surface area contributed by atoms with Crippen molar-refractivity contribution in [1.82, 2.24) is 10.2 Å². The van der Waals surface area contributed by atoms with Gasteiger partial charge in [-0.15, -0.1) is 0 Å². The Morgan fingerprint density at radius 1 is 1.10 bits per heavy atom. The van der Waals surface area contributed by atoms with Gasteiger partial charge in [-0.25, -0.2) is 0 Å². The number of amides is 2. The van der Waals surface area contributed by atoms with Crippen molar-refractivity contribution in [3.8, 4) is 0 Å². The number of carbonyl (C=O) groups excluding carboxylic acids is 3. The van der Waals surface area contributed by atoms with Crippen molar-refractivity contribution in [1.29, 1.82) is 0 Å². The Balaban J connectivity index is 1.49. The van der Waals surface area contributed by atoms with Gasteiger partial charge < -0.3 is 15.0 Å². The SMILES string of the molecule is O=C(NC(CSCc1ccccc1)C(=O)N1CCC=C2OCC(=O)C21)c1ccccc1. The number of thioether (sulfide) groups is 1. The second-order valence-corrected chi connectivity index (χ2v) is 8.51. The highest BCUT2D eigenvalue weighted by Gasteiger charge is 2.42. The van der Waals surface area contributed by atoms with Crippen LogP contribution in [0.5, 0.6) is 0 Å². The van der Waals surface area contributed by atoms with E-state index in [4.69, 9.17) is 4.74 Å². The summed E-state index contributed by atoms with van der Waals surface area (Å²) >= 11 is 1.58. The quantitative estimate of drug-likeness (QED) is 0.722. The normalized spacial score (nSPS) is 18.6. The third-order valence-electron chi connectivity index (χ3n) is 5.30. The molecule has 2 heterocycles. The van der Waals surface area contributed by atoms with Crippen LogP contribution in [0.1, 0.15) is 22.3 Å². The second kappa shape index (κ2) is 9.83. The molecule has 1 N–H and O–H groups in total. The Bertz CT molecular complexity index is 978. The van der Waals surface area contributed by atoms with E-state index in [1.165, 1.54) is 0 Å². The first-order valence-electron chi connectivity index (χ1n) is 10.3. The zero-order valence-corrected chi connectivity index (χ0v) is 17.8. The van der Waals surface area contributed by atoms with E-state index in [-0.39, 0.29) is 24.2 Å². The number of Topliss-reactive ketones (excluding diaryl/α,β-unsaturated/α-hetero) is 1. The molecule has 2 atom stereocenters. The highest BCUT2D eigenvalue weighted by atomic mass is 32.2. The monoisotopic (exact) mass is 436 g/mol. The van der Waals surface area contributed by atoms with Gasteiger partial charge >= 0.3 is 0 Å². The van der Waals surface area contributed by atoms with E-state index in [0.717, 1.165) is 11.3 Å². The van der Waals surface area contributed by atoms with E-state index in [1.54, 1.807) is 40.9 Å². The maximum atomic E-state index is 13.5. The Morgan fingerprint density at radius 3 is 2.55 bits per heavy atom. The molecule has 0 bridgehead atoms. The number of hydrogen-bond donors (Lipinski definition) is 1. The average Bonchev–Trinajstić information content (AvgIpc) is 3.20. The van der Waals surface area contributed by atoms with Crippen LogP contribution in [0.3, 0.4) is 0 Å². The number of ketones is 1. The van der Waals surface area contributed by atoms with Crippen molar-refractivity contribution in [2.24, 2.45) is 0 Å². The highest BCUT2D eigenvalue weighted by molar-refractivity contribution is 7.98.